The van der Waals surface area contributed by atoms with Crippen molar-refractivity contribution in [3.05, 3.63) is 84.2 Å². The van der Waals surface area contributed by atoms with Crippen LogP contribution in [0.2, 0.25) is 0 Å². The highest BCUT2D eigenvalue weighted by Gasteiger charge is 2.33. The summed E-state index contributed by atoms with van der Waals surface area (Å²) in [7, 11) is 1.57. The zero-order valence-electron chi connectivity index (χ0n) is 20.4. The highest BCUT2D eigenvalue weighted by molar-refractivity contribution is 5.97. The van der Waals surface area contributed by atoms with Gasteiger partial charge in [0, 0.05) is 12.2 Å². The average Bonchev–Trinajstić information content (AvgIpc) is 3.28. The minimum atomic E-state index is -0.792. The number of rotatable bonds is 9. The van der Waals surface area contributed by atoms with E-state index in [0.29, 0.717) is 22.5 Å². The molecule has 1 N–H and O–H groups in total. The van der Waals surface area contributed by atoms with Gasteiger partial charge in [0.15, 0.2) is 0 Å². The quantitative estimate of drug-likeness (QED) is 0.379. The molecule has 0 saturated carbocycles. The van der Waals surface area contributed by atoms with Gasteiger partial charge in [0.2, 0.25) is 11.8 Å². The van der Waals surface area contributed by atoms with Crippen LogP contribution in [0.25, 0.3) is 11.0 Å². The number of carbonyl (C=O) groups is 2. The monoisotopic (exact) mass is 489 g/mol. The second-order valence-electron chi connectivity index (χ2n) is 8.79. The molecule has 0 saturated heterocycles. The smallest absolute Gasteiger partial charge is 0.247 e. The van der Waals surface area contributed by atoms with Crippen LogP contribution < -0.4 is 10.1 Å². The maximum Gasteiger partial charge on any atom is 0.247 e. The first-order valence-electron chi connectivity index (χ1n) is 11.6. The number of hydrogen-bond donors (Lipinski definition) is 1. The third kappa shape index (κ3) is 5.68. The molecule has 8 nitrogen and oxygen atoms in total. The van der Waals surface area contributed by atoms with E-state index < -0.39 is 6.04 Å². The second-order valence-corrected chi connectivity index (χ2v) is 8.79. The van der Waals surface area contributed by atoms with Crippen LogP contribution in [-0.4, -0.2) is 44.9 Å². The third-order valence-electron chi connectivity index (χ3n) is 5.89. The molecule has 36 heavy (non-hydrogen) atoms. The van der Waals surface area contributed by atoms with E-state index >= 15 is 0 Å². The molecule has 0 spiro atoms. The highest BCUT2D eigenvalue weighted by Crippen LogP contribution is 2.21. The molecule has 0 aliphatic heterocycles. The number of benzene rings is 3. The Balaban J connectivity index is 1.63. The fourth-order valence-electron chi connectivity index (χ4n) is 4.08. The van der Waals surface area contributed by atoms with E-state index in [1.807, 2.05) is 38.1 Å². The van der Waals surface area contributed by atoms with Crippen molar-refractivity contribution in [2.45, 2.75) is 33.0 Å². The Labute approximate surface area is 208 Å². The number of hydrogen-bond acceptors (Lipinski definition) is 5. The lowest BCUT2D eigenvalue weighted by Crippen LogP contribution is -2.50. The molecule has 0 unspecified atom stereocenters. The summed E-state index contributed by atoms with van der Waals surface area (Å²) in [6.45, 7) is 3.80. The first-order valence-corrected chi connectivity index (χ1v) is 11.6. The van der Waals surface area contributed by atoms with Gasteiger partial charge >= 0.3 is 0 Å². The van der Waals surface area contributed by atoms with Crippen LogP contribution in [0.1, 0.15) is 19.4 Å². The van der Waals surface area contributed by atoms with E-state index in [4.69, 9.17) is 4.74 Å². The summed E-state index contributed by atoms with van der Waals surface area (Å²) < 4.78 is 20.2. The number of methoxy groups -OCH3 is 1. The summed E-state index contributed by atoms with van der Waals surface area (Å²) >= 11 is 0. The fourth-order valence-corrected chi connectivity index (χ4v) is 4.08. The van der Waals surface area contributed by atoms with Gasteiger partial charge in [0.05, 0.1) is 12.6 Å². The van der Waals surface area contributed by atoms with Crippen LogP contribution in [0.5, 0.6) is 5.75 Å². The number of ether oxygens (including phenoxy) is 1. The van der Waals surface area contributed by atoms with Gasteiger partial charge in [-0.15, -0.1) is 5.10 Å². The summed E-state index contributed by atoms with van der Waals surface area (Å²) in [5.41, 5.74) is 2.68. The van der Waals surface area contributed by atoms with Crippen molar-refractivity contribution in [2.24, 2.45) is 5.92 Å². The number of nitrogens with one attached hydrogen (secondary N) is 1. The van der Waals surface area contributed by atoms with Crippen LogP contribution in [0.3, 0.4) is 0 Å². The highest BCUT2D eigenvalue weighted by atomic mass is 19.1. The van der Waals surface area contributed by atoms with Gasteiger partial charge in [-0.3, -0.25) is 9.59 Å². The van der Waals surface area contributed by atoms with E-state index in [1.165, 1.54) is 21.7 Å². The molecule has 0 aliphatic rings. The largest absolute Gasteiger partial charge is 0.497 e. The van der Waals surface area contributed by atoms with Crippen LogP contribution in [0.15, 0.2) is 72.8 Å². The van der Waals surface area contributed by atoms with E-state index in [1.54, 1.807) is 43.5 Å². The summed E-state index contributed by atoms with van der Waals surface area (Å²) in [5.74, 6) is -0.544. The predicted octanol–water partition coefficient (Wildman–Crippen LogP) is 4.27. The van der Waals surface area contributed by atoms with Crippen LogP contribution in [-0.2, 0) is 22.7 Å². The van der Waals surface area contributed by atoms with Crippen LogP contribution in [0.4, 0.5) is 10.1 Å². The molecule has 0 fully saturated rings. The number of amides is 2. The summed E-state index contributed by atoms with van der Waals surface area (Å²) in [6, 6.07) is 19.4. The number of anilines is 1. The zero-order valence-corrected chi connectivity index (χ0v) is 20.4. The van der Waals surface area contributed by atoms with Crippen molar-refractivity contribution in [1.82, 2.24) is 19.9 Å². The summed E-state index contributed by atoms with van der Waals surface area (Å²) in [6.07, 6.45) is 0. The zero-order chi connectivity index (χ0) is 25.7. The average molecular weight is 490 g/mol. The molecule has 1 atom stereocenters. The molecule has 1 heterocycles. The molecule has 186 valence electrons. The summed E-state index contributed by atoms with van der Waals surface area (Å²) in [4.78, 5) is 28.7. The number of nitrogens with zero attached hydrogens (tertiary/aromatic N) is 4. The molecule has 0 aliphatic carbocycles. The van der Waals surface area contributed by atoms with Gasteiger partial charge in [-0.05, 0) is 60.0 Å². The minimum absolute atomic E-state index is 0.0965. The lowest BCUT2D eigenvalue weighted by atomic mass is 10.00. The molecule has 4 aromatic rings. The molecule has 3 aromatic carbocycles. The van der Waals surface area contributed by atoms with Crippen LogP contribution >= 0.6 is 0 Å². The first kappa shape index (κ1) is 24.8. The van der Waals surface area contributed by atoms with Gasteiger partial charge in [-0.1, -0.05) is 43.3 Å². The Morgan fingerprint density at radius 3 is 2.39 bits per heavy atom. The van der Waals surface area contributed by atoms with Crippen molar-refractivity contribution in [3.8, 4) is 5.75 Å². The topological polar surface area (TPSA) is 89.4 Å². The van der Waals surface area contributed by atoms with E-state index in [0.717, 1.165) is 5.52 Å². The van der Waals surface area contributed by atoms with E-state index in [-0.39, 0.29) is 36.6 Å². The first-order chi connectivity index (χ1) is 17.4. The predicted molar refractivity (Wildman–Crippen MR) is 135 cm³/mol. The number of aromatic nitrogens is 3. The Hall–Kier alpha value is -4.27. The van der Waals surface area contributed by atoms with E-state index in [2.05, 4.69) is 15.6 Å². The third-order valence-corrected chi connectivity index (χ3v) is 5.89. The number of fused-ring (bicyclic) bond motifs is 1. The second kappa shape index (κ2) is 11.0. The van der Waals surface area contributed by atoms with Gasteiger partial charge in [-0.2, -0.15) is 0 Å². The molecule has 0 bridgehead atoms. The Bertz CT molecular complexity index is 1340. The Morgan fingerprint density at radius 2 is 1.72 bits per heavy atom. The molecule has 1 aromatic heterocycles. The van der Waals surface area contributed by atoms with Crippen molar-refractivity contribution < 1.29 is 18.7 Å². The molecular formula is C27H28FN5O3. The lowest BCUT2D eigenvalue weighted by molar-refractivity contribution is -0.141. The Kier molecular flexibility index (Phi) is 7.58. The molecule has 0 radical (unpaired) electrons. The Morgan fingerprint density at radius 1 is 1.03 bits per heavy atom. The number of para-hydroxylation sites is 1. The van der Waals surface area contributed by atoms with Gasteiger partial charge in [0.1, 0.15) is 29.7 Å². The number of halogens is 1. The normalized spacial score (nSPS) is 11.9. The van der Waals surface area contributed by atoms with Crippen LogP contribution in [0, 0.1) is 11.7 Å². The standard InChI is InChI=1S/C27H28FN5O3/c1-18(2)26(27(35)29-21-12-14-22(36-3)15-13-21)32(16-19-8-10-20(28)11-9-19)25(34)17-33-24-7-5-4-6-23(24)30-31-33/h4-15,18,26H,16-17H2,1-3H3,(H,29,35)/t26-/m1/s1. The van der Waals surface area contributed by atoms with Gasteiger partial charge in [-0.25, -0.2) is 9.07 Å². The van der Waals surface area contributed by atoms with Gasteiger partial charge < -0.3 is 15.0 Å². The van der Waals surface area contributed by atoms with E-state index in [9.17, 15) is 14.0 Å². The fraction of sp³-hybridized carbons (Fsp3) is 0.259. The number of carbonyl (C=O) groups excluding carboxylic acids is 2. The van der Waals surface area contributed by atoms with Crippen molar-refractivity contribution in [3.63, 3.8) is 0 Å². The molecule has 2 amide bonds. The molecule has 4 rings (SSSR count). The van der Waals surface area contributed by atoms with Gasteiger partial charge in [0.25, 0.3) is 0 Å². The van der Waals surface area contributed by atoms with Crippen molar-refractivity contribution in [2.75, 3.05) is 12.4 Å². The molecule has 9 heteroatoms. The molecular weight excluding hydrogens is 461 g/mol. The SMILES string of the molecule is COc1ccc(NC(=O)[C@@H](C(C)C)N(Cc2ccc(F)cc2)C(=O)Cn2nnc3ccccc32)cc1. The maximum atomic E-state index is 13.7. The van der Waals surface area contributed by atoms with Crippen molar-refractivity contribution >= 4 is 28.5 Å². The maximum absolute atomic E-state index is 13.7. The lowest BCUT2D eigenvalue weighted by Gasteiger charge is -2.33. The summed E-state index contributed by atoms with van der Waals surface area (Å²) in [5, 5.41) is 11.2. The minimum Gasteiger partial charge on any atom is -0.497 e. The van der Waals surface area contributed by atoms with Crippen molar-refractivity contribution in [1.29, 1.82) is 0 Å².